The second-order valence-electron chi connectivity index (χ2n) is 6.33. The lowest BCUT2D eigenvalue weighted by Gasteiger charge is -2.12. The average molecular weight is 337 g/mol. The first-order chi connectivity index (χ1) is 12.1. The van der Waals surface area contributed by atoms with Crippen LogP contribution in [0.15, 0.2) is 28.9 Å². The molecule has 0 saturated heterocycles. The second kappa shape index (κ2) is 4.67. The SMILES string of the molecule is Nc1nc2cc(-c3nn(C4(CO)CC4)c4ncnc(N)c34)ccc2o1. The third-order valence-electron chi connectivity index (χ3n) is 4.74. The minimum absolute atomic E-state index is 0.00593. The molecule has 3 aromatic heterocycles. The fourth-order valence-corrected chi connectivity index (χ4v) is 3.18. The number of oxazole rings is 1. The summed E-state index contributed by atoms with van der Waals surface area (Å²) in [6.45, 7) is 0.00593. The fourth-order valence-electron chi connectivity index (χ4n) is 3.18. The van der Waals surface area contributed by atoms with Crippen molar-refractivity contribution in [1.29, 1.82) is 0 Å². The van der Waals surface area contributed by atoms with E-state index in [0.717, 1.165) is 18.4 Å². The lowest BCUT2D eigenvalue weighted by molar-refractivity contribution is 0.206. The normalized spacial score (nSPS) is 15.9. The highest BCUT2D eigenvalue weighted by Crippen LogP contribution is 2.45. The lowest BCUT2D eigenvalue weighted by Crippen LogP contribution is -2.23. The predicted molar refractivity (Wildman–Crippen MR) is 91.4 cm³/mol. The monoisotopic (exact) mass is 337 g/mol. The zero-order valence-corrected chi connectivity index (χ0v) is 13.2. The van der Waals surface area contributed by atoms with Gasteiger partial charge < -0.3 is 21.0 Å². The molecule has 4 aromatic rings. The molecule has 1 aliphatic rings. The van der Waals surface area contributed by atoms with Gasteiger partial charge in [-0.2, -0.15) is 10.1 Å². The van der Waals surface area contributed by atoms with Crippen LogP contribution in [-0.4, -0.2) is 36.4 Å². The van der Waals surface area contributed by atoms with E-state index in [1.165, 1.54) is 6.33 Å². The summed E-state index contributed by atoms with van der Waals surface area (Å²) in [5, 5.41) is 15.2. The smallest absolute Gasteiger partial charge is 0.292 e. The zero-order valence-electron chi connectivity index (χ0n) is 13.2. The Labute approximate surface area is 141 Å². The number of aromatic nitrogens is 5. The van der Waals surface area contributed by atoms with E-state index in [9.17, 15) is 5.11 Å². The van der Waals surface area contributed by atoms with Crippen LogP contribution in [0.2, 0.25) is 0 Å². The van der Waals surface area contributed by atoms with E-state index in [2.05, 4.69) is 15.0 Å². The van der Waals surface area contributed by atoms with Crippen molar-refractivity contribution >= 4 is 34.0 Å². The van der Waals surface area contributed by atoms with Crippen LogP contribution in [0.4, 0.5) is 11.8 Å². The first kappa shape index (κ1) is 14.2. The van der Waals surface area contributed by atoms with Crippen LogP contribution < -0.4 is 11.5 Å². The molecule has 5 N–H and O–H groups in total. The summed E-state index contributed by atoms with van der Waals surface area (Å²) in [6.07, 6.45) is 3.11. The van der Waals surface area contributed by atoms with Crippen molar-refractivity contribution < 1.29 is 9.52 Å². The molecule has 25 heavy (non-hydrogen) atoms. The Hall–Kier alpha value is -3.20. The Morgan fingerprint density at radius 1 is 1.24 bits per heavy atom. The maximum atomic E-state index is 9.79. The van der Waals surface area contributed by atoms with Crippen molar-refractivity contribution in [2.45, 2.75) is 18.4 Å². The summed E-state index contributed by atoms with van der Waals surface area (Å²) in [5.74, 6) is 0.347. The van der Waals surface area contributed by atoms with Crippen molar-refractivity contribution in [2.24, 2.45) is 0 Å². The topological polar surface area (TPSA) is 142 Å². The number of nitrogens with two attached hydrogens (primary N) is 2. The van der Waals surface area contributed by atoms with Gasteiger partial charge in [0, 0.05) is 5.56 Å². The highest BCUT2D eigenvalue weighted by Gasteiger charge is 2.47. The molecule has 1 aromatic carbocycles. The molecule has 0 atom stereocenters. The zero-order chi connectivity index (χ0) is 17.2. The number of nitrogen functional groups attached to an aromatic ring is 2. The van der Waals surface area contributed by atoms with E-state index in [4.69, 9.17) is 21.0 Å². The van der Waals surface area contributed by atoms with Gasteiger partial charge in [-0.05, 0) is 31.0 Å². The first-order valence-corrected chi connectivity index (χ1v) is 7.88. The molecule has 3 heterocycles. The number of fused-ring (bicyclic) bond motifs is 2. The van der Waals surface area contributed by atoms with Gasteiger partial charge in [-0.15, -0.1) is 0 Å². The number of nitrogens with zero attached hydrogens (tertiary/aromatic N) is 5. The van der Waals surface area contributed by atoms with E-state index in [1.807, 2.05) is 12.1 Å². The summed E-state index contributed by atoms with van der Waals surface area (Å²) in [4.78, 5) is 12.6. The third kappa shape index (κ3) is 1.92. The van der Waals surface area contributed by atoms with Gasteiger partial charge in [0.25, 0.3) is 6.01 Å². The molecule has 0 aliphatic heterocycles. The van der Waals surface area contributed by atoms with Crippen LogP contribution in [0.3, 0.4) is 0 Å². The summed E-state index contributed by atoms with van der Waals surface area (Å²) in [7, 11) is 0. The van der Waals surface area contributed by atoms with Crippen LogP contribution >= 0.6 is 0 Å². The quantitative estimate of drug-likeness (QED) is 0.507. The van der Waals surface area contributed by atoms with Gasteiger partial charge in [0.1, 0.15) is 23.4 Å². The summed E-state index contributed by atoms with van der Waals surface area (Å²) in [6, 6.07) is 5.61. The molecule has 1 fully saturated rings. The number of aliphatic hydroxyl groups is 1. The number of hydrogen-bond donors (Lipinski definition) is 3. The molecular formula is C16H15N7O2. The Bertz CT molecular complexity index is 1130. The minimum atomic E-state index is -0.403. The first-order valence-electron chi connectivity index (χ1n) is 7.88. The van der Waals surface area contributed by atoms with Crippen molar-refractivity contribution in [3.8, 4) is 11.3 Å². The van der Waals surface area contributed by atoms with Gasteiger partial charge in [0.05, 0.1) is 17.5 Å². The molecule has 5 rings (SSSR count). The Morgan fingerprint density at radius 2 is 2.08 bits per heavy atom. The third-order valence-corrected chi connectivity index (χ3v) is 4.74. The lowest BCUT2D eigenvalue weighted by atomic mass is 10.1. The maximum Gasteiger partial charge on any atom is 0.292 e. The molecule has 0 unspecified atom stereocenters. The van der Waals surface area contributed by atoms with E-state index < -0.39 is 5.54 Å². The van der Waals surface area contributed by atoms with Crippen LogP contribution in [-0.2, 0) is 5.54 Å². The van der Waals surface area contributed by atoms with Gasteiger partial charge in [-0.3, -0.25) is 0 Å². The summed E-state index contributed by atoms with van der Waals surface area (Å²) >= 11 is 0. The molecule has 9 heteroatoms. The maximum absolute atomic E-state index is 9.79. The number of anilines is 2. The van der Waals surface area contributed by atoms with Crippen LogP contribution in [0.1, 0.15) is 12.8 Å². The highest BCUT2D eigenvalue weighted by molar-refractivity contribution is 5.99. The Balaban J connectivity index is 1.80. The van der Waals surface area contributed by atoms with Gasteiger partial charge in [0.2, 0.25) is 0 Å². The van der Waals surface area contributed by atoms with E-state index >= 15 is 0 Å². The second-order valence-corrected chi connectivity index (χ2v) is 6.33. The molecule has 126 valence electrons. The van der Waals surface area contributed by atoms with Gasteiger partial charge in [-0.25, -0.2) is 14.6 Å². The van der Waals surface area contributed by atoms with Gasteiger partial charge in [0.15, 0.2) is 11.2 Å². The minimum Gasteiger partial charge on any atom is -0.424 e. The van der Waals surface area contributed by atoms with Crippen molar-refractivity contribution in [3.63, 3.8) is 0 Å². The summed E-state index contributed by atoms with van der Waals surface area (Å²) in [5.41, 5.74) is 14.6. The highest BCUT2D eigenvalue weighted by atomic mass is 16.4. The predicted octanol–water partition coefficient (Wildman–Crippen LogP) is 1.28. The number of hydrogen-bond acceptors (Lipinski definition) is 8. The molecule has 9 nitrogen and oxygen atoms in total. The van der Waals surface area contributed by atoms with Crippen LogP contribution in [0, 0.1) is 0 Å². The summed E-state index contributed by atoms with van der Waals surface area (Å²) < 4.78 is 7.09. The van der Waals surface area contributed by atoms with Crippen LogP contribution in [0.5, 0.6) is 0 Å². The Morgan fingerprint density at radius 3 is 2.84 bits per heavy atom. The molecule has 1 saturated carbocycles. The molecule has 0 radical (unpaired) electrons. The van der Waals surface area contributed by atoms with Crippen molar-refractivity contribution in [2.75, 3.05) is 18.1 Å². The van der Waals surface area contributed by atoms with Crippen LogP contribution in [0.25, 0.3) is 33.4 Å². The largest absolute Gasteiger partial charge is 0.424 e. The van der Waals surface area contributed by atoms with E-state index in [0.29, 0.717) is 33.6 Å². The average Bonchev–Trinajstić information content (AvgIpc) is 3.15. The number of benzene rings is 1. The number of aliphatic hydroxyl groups excluding tert-OH is 1. The van der Waals surface area contributed by atoms with E-state index in [-0.39, 0.29) is 12.6 Å². The Kier molecular flexibility index (Phi) is 2.65. The molecule has 0 spiro atoms. The van der Waals surface area contributed by atoms with Crippen molar-refractivity contribution in [3.05, 3.63) is 24.5 Å². The molecular weight excluding hydrogens is 322 g/mol. The standard InChI is InChI=1S/C16H15N7O2/c17-13-11-12(8-1-2-10-9(5-8)21-15(18)25-10)22-23(14(11)20-7-19-13)16(6-24)3-4-16/h1-2,5,7,24H,3-4,6H2,(H2,18,21)(H2,17,19,20). The van der Waals surface area contributed by atoms with Gasteiger partial charge >= 0.3 is 0 Å². The number of rotatable bonds is 3. The van der Waals surface area contributed by atoms with Crippen molar-refractivity contribution in [1.82, 2.24) is 24.7 Å². The molecule has 0 bridgehead atoms. The van der Waals surface area contributed by atoms with E-state index in [1.54, 1.807) is 10.7 Å². The molecule has 1 aliphatic carbocycles. The molecule has 0 amide bonds. The fraction of sp³-hybridized carbons (Fsp3) is 0.250. The van der Waals surface area contributed by atoms with Gasteiger partial charge in [-0.1, -0.05) is 0 Å².